The number of halogens is 2. The van der Waals surface area contributed by atoms with Gasteiger partial charge in [0.05, 0.1) is 11.4 Å². The second kappa shape index (κ2) is 7.25. The summed E-state index contributed by atoms with van der Waals surface area (Å²) in [5.74, 6) is -0.281. The molecule has 0 aliphatic carbocycles. The van der Waals surface area contributed by atoms with Crippen molar-refractivity contribution in [3.8, 4) is 5.69 Å². The molecular weight excluding hydrogens is 359 g/mol. The van der Waals surface area contributed by atoms with Crippen LogP contribution in [0.2, 0.25) is 10.0 Å². The highest BCUT2D eigenvalue weighted by Crippen LogP contribution is 2.24. The first-order valence-electron chi connectivity index (χ1n) is 7.74. The Balaban J connectivity index is 1.96. The highest BCUT2D eigenvalue weighted by molar-refractivity contribution is 6.31. The lowest BCUT2D eigenvalue weighted by molar-refractivity contribution is 0.102. The van der Waals surface area contributed by atoms with Crippen molar-refractivity contribution in [1.29, 1.82) is 0 Å². The molecule has 1 amide bonds. The molecule has 0 bridgehead atoms. The molecule has 0 aliphatic rings. The number of benzene rings is 2. The van der Waals surface area contributed by atoms with Gasteiger partial charge in [0, 0.05) is 15.7 Å². The summed E-state index contributed by atoms with van der Waals surface area (Å²) in [4.78, 5) is 12.7. The summed E-state index contributed by atoms with van der Waals surface area (Å²) < 4.78 is 1.66. The lowest BCUT2D eigenvalue weighted by Crippen LogP contribution is -2.16. The van der Waals surface area contributed by atoms with Crippen LogP contribution in [0.4, 0.5) is 5.69 Å². The van der Waals surface area contributed by atoms with Gasteiger partial charge in [-0.3, -0.25) is 4.79 Å². The Hall–Kier alpha value is -2.37. The lowest BCUT2D eigenvalue weighted by atomic mass is 10.1. The summed E-state index contributed by atoms with van der Waals surface area (Å²) in [6, 6.07) is 14.2. The Morgan fingerprint density at radius 3 is 2.44 bits per heavy atom. The number of carbonyl (C=O) groups excluding carboxylic acids is 1. The van der Waals surface area contributed by atoms with Crippen LogP contribution in [0.1, 0.15) is 35.9 Å². The molecule has 5 nitrogen and oxygen atoms in total. The minimum Gasteiger partial charge on any atom is -0.320 e. The number of nitrogens with zero attached hydrogens (tertiary/aromatic N) is 3. The van der Waals surface area contributed by atoms with E-state index in [1.807, 2.05) is 26.0 Å². The van der Waals surface area contributed by atoms with Crippen molar-refractivity contribution in [2.24, 2.45) is 0 Å². The Bertz CT molecular complexity index is 904. The van der Waals surface area contributed by atoms with Crippen molar-refractivity contribution in [2.75, 3.05) is 5.32 Å². The van der Waals surface area contributed by atoms with Crippen LogP contribution in [-0.4, -0.2) is 20.9 Å². The average Bonchev–Trinajstić information content (AvgIpc) is 3.01. The number of carbonyl (C=O) groups is 1. The van der Waals surface area contributed by atoms with Crippen molar-refractivity contribution < 1.29 is 4.79 Å². The molecule has 7 heteroatoms. The average molecular weight is 375 g/mol. The molecule has 2 aromatic carbocycles. The minimum absolute atomic E-state index is 0.0470. The molecule has 0 radical (unpaired) electrons. The SMILES string of the molecule is CC(C)c1c(C(=O)Nc2cccc(Cl)c2)nnn1-c1ccc(Cl)cc1. The molecule has 128 valence electrons. The molecule has 0 atom stereocenters. The van der Waals surface area contributed by atoms with Crippen LogP contribution in [0.25, 0.3) is 5.69 Å². The highest BCUT2D eigenvalue weighted by atomic mass is 35.5. The molecule has 0 saturated carbocycles. The monoisotopic (exact) mass is 374 g/mol. The number of hydrogen-bond acceptors (Lipinski definition) is 3. The van der Waals surface area contributed by atoms with E-state index < -0.39 is 0 Å². The third-order valence-corrected chi connectivity index (χ3v) is 4.11. The molecule has 1 heterocycles. The zero-order valence-corrected chi connectivity index (χ0v) is 15.2. The zero-order chi connectivity index (χ0) is 18.0. The fraction of sp³-hybridized carbons (Fsp3) is 0.167. The van der Waals surface area contributed by atoms with E-state index in [2.05, 4.69) is 15.6 Å². The van der Waals surface area contributed by atoms with E-state index in [1.165, 1.54) is 0 Å². The number of amides is 1. The molecule has 0 unspecified atom stereocenters. The molecule has 1 aromatic heterocycles. The standard InChI is InChI=1S/C18H16Cl2N4O/c1-11(2)17-16(18(25)21-14-5-3-4-13(20)10-14)22-23-24(17)15-8-6-12(19)7-9-15/h3-11H,1-2H3,(H,21,25). The smallest absolute Gasteiger partial charge is 0.278 e. The van der Waals surface area contributed by atoms with Crippen LogP contribution < -0.4 is 5.32 Å². The van der Waals surface area contributed by atoms with E-state index in [9.17, 15) is 4.79 Å². The van der Waals surface area contributed by atoms with Gasteiger partial charge >= 0.3 is 0 Å². The molecule has 0 aliphatic heterocycles. The van der Waals surface area contributed by atoms with Crippen LogP contribution >= 0.6 is 23.2 Å². The topological polar surface area (TPSA) is 59.8 Å². The van der Waals surface area contributed by atoms with Crippen LogP contribution in [-0.2, 0) is 0 Å². The Kier molecular flexibility index (Phi) is 5.06. The number of nitrogens with one attached hydrogen (secondary N) is 1. The van der Waals surface area contributed by atoms with E-state index in [-0.39, 0.29) is 17.5 Å². The maximum atomic E-state index is 12.7. The minimum atomic E-state index is -0.328. The van der Waals surface area contributed by atoms with E-state index in [4.69, 9.17) is 23.2 Å². The molecule has 3 rings (SSSR count). The third kappa shape index (κ3) is 3.83. The van der Waals surface area contributed by atoms with Crippen molar-refractivity contribution in [3.63, 3.8) is 0 Å². The van der Waals surface area contributed by atoms with Gasteiger partial charge in [0.25, 0.3) is 5.91 Å². The third-order valence-electron chi connectivity index (χ3n) is 3.62. The Morgan fingerprint density at radius 2 is 1.80 bits per heavy atom. The van der Waals surface area contributed by atoms with Crippen molar-refractivity contribution in [2.45, 2.75) is 19.8 Å². The molecule has 25 heavy (non-hydrogen) atoms. The Morgan fingerprint density at radius 1 is 1.08 bits per heavy atom. The van der Waals surface area contributed by atoms with Gasteiger partial charge in [0.15, 0.2) is 5.69 Å². The van der Waals surface area contributed by atoms with Gasteiger partial charge in [-0.25, -0.2) is 4.68 Å². The zero-order valence-electron chi connectivity index (χ0n) is 13.7. The van der Waals surface area contributed by atoms with Crippen LogP contribution in [0.15, 0.2) is 48.5 Å². The molecular formula is C18H16Cl2N4O. The molecule has 0 spiro atoms. The van der Waals surface area contributed by atoms with Gasteiger partial charge in [-0.15, -0.1) is 5.10 Å². The van der Waals surface area contributed by atoms with Crippen molar-refractivity contribution in [1.82, 2.24) is 15.0 Å². The number of anilines is 1. The summed E-state index contributed by atoms with van der Waals surface area (Å²) in [5.41, 5.74) is 2.41. The normalized spacial score (nSPS) is 10.9. The van der Waals surface area contributed by atoms with Gasteiger partial charge in [0.1, 0.15) is 0 Å². The quantitative estimate of drug-likeness (QED) is 0.702. The first kappa shape index (κ1) is 17.5. The van der Waals surface area contributed by atoms with Crippen molar-refractivity contribution in [3.05, 3.63) is 70.0 Å². The van der Waals surface area contributed by atoms with Gasteiger partial charge in [-0.1, -0.05) is 48.3 Å². The largest absolute Gasteiger partial charge is 0.320 e. The van der Waals surface area contributed by atoms with Gasteiger partial charge < -0.3 is 5.32 Å². The van der Waals surface area contributed by atoms with Crippen LogP contribution in [0.5, 0.6) is 0 Å². The van der Waals surface area contributed by atoms with E-state index in [1.54, 1.807) is 41.1 Å². The number of rotatable bonds is 4. The maximum Gasteiger partial charge on any atom is 0.278 e. The van der Waals surface area contributed by atoms with Gasteiger partial charge in [-0.2, -0.15) is 0 Å². The second-order valence-electron chi connectivity index (χ2n) is 5.83. The fourth-order valence-electron chi connectivity index (χ4n) is 2.50. The molecule has 0 saturated heterocycles. The first-order chi connectivity index (χ1) is 12.0. The summed E-state index contributed by atoms with van der Waals surface area (Å²) in [5, 5.41) is 12.2. The number of hydrogen-bond donors (Lipinski definition) is 1. The fourth-order valence-corrected chi connectivity index (χ4v) is 2.81. The lowest BCUT2D eigenvalue weighted by Gasteiger charge is -2.11. The second-order valence-corrected chi connectivity index (χ2v) is 6.70. The maximum absolute atomic E-state index is 12.7. The van der Waals surface area contributed by atoms with Crippen LogP contribution in [0, 0.1) is 0 Å². The predicted octanol–water partition coefficient (Wildman–Crippen LogP) is 4.95. The van der Waals surface area contributed by atoms with Crippen LogP contribution in [0.3, 0.4) is 0 Å². The van der Waals surface area contributed by atoms with E-state index in [0.717, 1.165) is 11.4 Å². The molecule has 3 aromatic rings. The molecule has 0 fully saturated rings. The first-order valence-corrected chi connectivity index (χ1v) is 8.49. The number of aromatic nitrogens is 3. The van der Waals surface area contributed by atoms with Gasteiger partial charge in [-0.05, 0) is 48.4 Å². The van der Waals surface area contributed by atoms with Gasteiger partial charge in [0.2, 0.25) is 0 Å². The summed E-state index contributed by atoms with van der Waals surface area (Å²) in [6.45, 7) is 3.97. The molecule has 1 N–H and O–H groups in total. The summed E-state index contributed by atoms with van der Waals surface area (Å²) >= 11 is 11.9. The highest BCUT2D eigenvalue weighted by Gasteiger charge is 2.23. The van der Waals surface area contributed by atoms with E-state index in [0.29, 0.717) is 15.7 Å². The Labute approximate surface area is 155 Å². The summed E-state index contributed by atoms with van der Waals surface area (Å²) in [6.07, 6.45) is 0. The summed E-state index contributed by atoms with van der Waals surface area (Å²) in [7, 11) is 0. The van der Waals surface area contributed by atoms with E-state index >= 15 is 0 Å². The predicted molar refractivity (Wildman–Crippen MR) is 99.9 cm³/mol. The van der Waals surface area contributed by atoms with Crippen molar-refractivity contribution >= 4 is 34.8 Å².